The van der Waals surface area contributed by atoms with Gasteiger partial charge in [0.25, 0.3) is 0 Å². The molecule has 1 aliphatic carbocycles. The van der Waals surface area contributed by atoms with Gasteiger partial charge in [0.1, 0.15) is 0 Å². The molecular weight excluding hydrogens is 230 g/mol. The van der Waals surface area contributed by atoms with Crippen LogP contribution in [0.1, 0.15) is 36.5 Å². The van der Waals surface area contributed by atoms with Gasteiger partial charge in [-0.05, 0) is 30.9 Å². The molecule has 0 unspecified atom stereocenters. The van der Waals surface area contributed by atoms with Crippen molar-refractivity contribution in [3.8, 4) is 11.3 Å². The number of anilines is 1. The first kappa shape index (κ1) is 10.7. The second-order valence-corrected chi connectivity index (χ2v) is 5.54. The van der Waals surface area contributed by atoms with Gasteiger partial charge in [0.2, 0.25) is 0 Å². The van der Waals surface area contributed by atoms with Crippen LogP contribution in [0, 0.1) is 0 Å². The lowest BCUT2D eigenvalue weighted by Crippen LogP contribution is -1.92. The number of hydrogen-bond acceptors (Lipinski definition) is 4. The molecule has 2 N–H and O–H groups in total. The summed E-state index contributed by atoms with van der Waals surface area (Å²) >= 11 is 1.65. The lowest BCUT2D eigenvalue weighted by Gasteiger charge is -2.08. The number of hydrogen-bond donors (Lipinski definition) is 1. The van der Waals surface area contributed by atoms with Crippen molar-refractivity contribution in [1.29, 1.82) is 0 Å². The molecule has 1 fully saturated rings. The maximum Gasteiger partial charge on any atom is 0.180 e. The van der Waals surface area contributed by atoms with E-state index in [0.29, 0.717) is 11.0 Å². The number of rotatable bonds is 2. The molecule has 2 heterocycles. The molecule has 0 radical (unpaired) electrons. The third-order valence-electron chi connectivity index (χ3n) is 3.35. The topological polar surface area (TPSA) is 51.8 Å². The van der Waals surface area contributed by atoms with Crippen LogP contribution >= 0.6 is 11.3 Å². The third-order valence-corrected chi connectivity index (χ3v) is 4.40. The average molecular weight is 245 g/mol. The Labute approximate surface area is 105 Å². The van der Waals surface area contributed by atoms with E-state index in [0.717, 1.165) is 11.3 Å². The maximum atomic E-state index is 5.88. The molecule has 88 valence electrons. The Morgan fingerprint density at radius 3 is 2.59 bits per heavy atom. The fourth-order valence-electron chi connectivity index (χ4n) is 2.53. The van der Waals surface area contributed by atoms with Crippen molar-refractivity contribution in [3.05, 3.63) is 29.4 Å². The summed E-state index contributed by atoms with van der Waals surface area (Å²) in [7, 11) is 0. The molecule has 0 amide bonds. The standard InChI is InChI=1S/C13H15N3S/c14-13-16-11(9-5-7-15-8-6-9)12(17-13)10-3-1-2-4-10/h5-8,10H,1-4H2,(H2,14,16). The quantitative estimate of drug-likeness (QED) is 0.881. The van der Waals surface area contributed by atoms with E-state index in [1.54, 1.807) is 11.3 Å². The molecule has 3 rings (SSSR count). The Kier molecular flexibility index (Phi) is 2.81. The van der Waals surface area contributed by atoms with Crippen LogP contribution in [0.2, 0.25) is 0 Å². The van der Waals surface area contributed by atoms with Gasteiger partial charge in [-0.15, -0.1) is 11.3 Å². The smallest absolute Gasteiger partial charge is 0.180 e. The predicted octanol–water partition coefficient (Wildman–Crippen LogP) is 3.44. The second kappa shape index (κ2) is 4.45. The van der Waals surface area contributed by atoms with Crippen LogP contribution in [0.25, 0.3) is 11.3 Å². The van der Waals surface area contributed by atoms with Crippen molar-refractivity contribution in [2.45, 2.75) is 31.6 Å². The van der Waals surface area contributed by atoms with E-state index < -0.39 is 0 Å². The van der Waals surface area contributed by atoms with E-state index >= 15 is 0 Å². The van der Waals surface area contributed by atoms with Gasteiger partial charge in [0.15, 0.2) is 5.13 Å². The molecule has 0 aliphatic heterocycles. The largest absolute Gasteiger partial charge is 0.375 e. The van der Waals surface area contributed by atoms with Crippen LogP contribution in [0.3, 0.4) is 0 Å². The normalized spacial score (nSPS) is 16.5. The molecule has 17 heavy (non-hydrogen) atoms. The van der Waals surface area contributed by atoms with Crippen LogP contribution in [-0.2, 0) is 0 Å². The monoisotopic (exact) mass is 245 g/mol. The van der Waals surface area contributed by atoms with Crippen molar-refractivity contribution < 1.29 is 0 Å². The number of pyridine rings is 1. The molecule has 1 aliphatic rings. The Hall–Kier alpha value is -1.42. The van der Waals surface area contributed by atoms with Gasteiger partial charge in [0.05, 0.1) is 5.69 Å². The molecule has 3 nitrogen and oxygen atoms in total. The number of aromatic nitrogens is 2. The molecule has 0 aromatic carbocycles. The number of nitrogens with zero attached hydrogens (tertiary/aromatic N) is 2. The highest BCUT2D eigenvalue weighted by Crippen LogP contribution is 2.42. The third kappa shape index (κ3) is 2.05. The highest BCUT2D eigenvalue weighted by molar-refractivity contribution is 7.15. The highest BCUT2D eigenvalue weighted by atomic mass is 32.1. The average Bonchev–Trinajstić information content (AvgIpc) is 2.98. The van der Waals surface area contributed by atoms with Gasteiger partial charge in [-0.3, -0.25) is 4.98 Å². The van der Waals surface area contributed by atoms with E-state index in [1.165, 1.54) is 30.6 Å². The lowest BCUT2D eigenvalue weighted by atomic mass is 10.0. The zero-order valence-corrected chi connectivity index (χ0v) is 10.4. The summed E-state index contributed by atoms with van der Waals surface area (Å²) in [6.07, 6.45) is 8.84. The van der Waals surface area contributed by atoms with Crippen LogP contribution in [0.15, 0.2) is 24.5 Å². The summed E-state index contributed by atoms with van der Waals surface area (Å²) in [6, 6.07) is 4.01. The summed E-state index contributed by atoms with van der Waals surface area (Å²) in [5.41, 5.74) is 8.08. The minimum absolute atomic E-state index is 0.660. The Balaban J connectivity index is 2.04. The first-order chi connectivity index (χ1) is 8.34. The fourth-order valence-corrected chi connectivity index (χ4v) is 3.56. The molecule has 0 spiro atoms. The Bertz CT molecular complexity index is 501. The molecule has 1 saturated carbocycles. The number of nitrogens with two attached hydrogens (primary N) is 1. The summed E-state index contributed by atoms with van der Waals surface area (Å²) in [6.45, 7) is 0. The first-order valence-corrected chi connectivity index (χ1v) is 6.83. The molecule has 0 atom stereocenters. The number of thiazole rings is 1. The van der Waals surface area contributed by atoms with Gasteiger partial charge in [-0.2, -0.15) is 0 Å². The molecule has 4 heteroatoms. The van der Waals surface area contributed by atoms with Gasteiger partial charge in [-0.1, -0.05) is 12.8 Å². The first-order valence-electron chi connectivity index (χ1n) is 6.01. The van der Waals surface area contributed by atoms with Crippen LogP contribution in [-0.4, -0.2) is 9.97 Å². The maximum absolute atomic E-state index is 5.88. The minimum Gasteiger partial charge on any atom is -0.375 e. The Morgan fingerprint density at radius 2 is 1.88 bits per heavy atom. The van der Waals surface area contributed by atoms with E-state index in [2.05, 4.69) is 9.97 Å². The molecule has 2 aromatic heterocycles. The molecular formula is C13H15N3S. The van der Waals surface area contributed by atoms with E-state index in [4.69, 9.17) is 5.73 Å². The van der Waals surface area contributed by atoms with Crippen LogP contribution < -0.4 is 5.73 Å². The lowest BCUT2D eigenvalue weighted by molar-refractivity contribution is 0.738. The van der Waals surface area contributed by atoms with Crippen LogP contribution in [0.5, 0.6) is 0 Å². The summed E-state index contributed by atoms with van der Waals surface area (Å²) in [4.78, 5) is 9.91. The SMILES string of the molecule is Nc1nc(-c2ccncc2)c(C2CCCC2)s1. The van der Waals surface area contributed by atoms with E-state index in [-0.39, 0.29) is 0 Å². The second-order valence-electron chi connectivity index (χ2n) is 4.48. The van der Waals surface area contributed by atoms with Crippen LogP contribution in [0.4, 0.5) is 5.13 Å². The van der Waals surface area contributed by atoms with Crippen molar-refractivity contribution in [1.82, 2.24) is 9.97 Å². The molecule has 0 saturated heterocycles. The highest BCUT2D eigenvalue weighted by Gasteiger charge is 2.23. The van der Waals surface area contributed by atoms with Gasteiger partial charge in [0, 0.05) is 22.8 Å². The van der Waals surface area contributed by atoms with Gasteiger partial charge >= 0.3 is 0 Å². The zero-order valence-electron chi connectivity index (χ0n) is 9.60. The minimum atomic E-state index is 0.660. The predicted molar refractivity (Wildman–Crippen MR) is 71.0 cm³/mol. The van der Waals surface area contributed by atoms with Crippen molar-refractivity contribution >= 4 is 16.5 Å². The van der Waals surface area contributed by atoms with Gasteiger partial charge < -0.3 is 5.73 Å². The summed E-state index contributed by atoms with van der Waals surface area (Å²) in [5.74, 6) is 0.660. The van der Waals surface area contributed by atoms with Crippen molar-refractivity contribution in [3.63, 3.8) is 0 Å². The van der Waals surface area contributed by atoms with Gasteiger partial charge in [-0.25, -0.2) is 4.98 Å². The summed E-state index contributed by atoms with van der Waals surface area (Å²) in [5, 5.41) is 0.679. The van der Waals surface area contributed by atoms with E-state index in [9.17, 15) is 0 Å². The zero-order chi connectivity index (χ0) is 11.7. The summed E-state index contributed by atoms with van der Waals surface area (Å²) < 4.78 is 0. The van der Waals surface area contributed by atoms with Crippen molar-refractivity contribution in [2.75, 3.05) is 5.73 Å². The molecule has 0 bridgehead atoms. The Morgan fingerprint density at radius 1 is 1.18 bits per heavy atom. The molecule has 2 aromatic rings. The van der Waals surface area contributed by atoms with Crippen molar-refractivity contribution in [2.24, 2.45) is 0 Å². The fraction of sp³-hybridized carbons (Fsp3) is 0.385. The van der Waals surface area contributed by atoms with E-state index in [1.807, 2.05) is 24.5 Å². The number of nitrogen functional groups attached to an aromatic ring is 1.